The molecule has 0 spiro atoms. The first-order valence-electron chi connectivity index (χ1n) is 5.63. The third kappa shape index (κ3) is 3.45. The molecule has 2 unspecified atom stereocenters. The molecule has 19 heavy (non-hydrogen) atoms. The van der Waals surface area contributed by atoms with E-state index in [-0.39, 0.29) is 12.1 Å². The summed E-state index contributed by atoms with van der Waals surface area (Å²) < 4.78 is 42.9. The molecule has 104 valence electrons. The average Bonchev–Trinajstić information content (AvgIpc) is 3.18. The van der Waals surface area contributed by atoms with E-state index >= 15 is 0 Å². The Labute approximate surface area is 107 Å². The highest BCUT2D eigenvalue weighted by Crippen LogP contribution is 2.34. The maximum absolute atomic E-state index is 12.7. The number of aliphatic hydroxyl groups excluding tert-OH is 1. The fraction of sp³-hybridized carbons (Fsp3) is 0.417. The van der Waals surface area contributed by atoms with E-state index in [1.165, 1.54) is 18.2 Å². The predicted molar refractivity (Wildman–Crippen MR) is 59.2 cm³/mol. The minimum absolute atomic E-state index is 0.257. The first kappa shape index (κ1) is 13.8. The van der Waals surface area contributed by atoms with Gasteiger partial charge in [0.2, 0.25) is 0 Å². The number of epoxide rings is 1. The summed E-state index contributed by atoms with van der Waals surface area (Å²) in [4.78, 5) is 11.3. The SMILES string of the molecule is O=C(NCC(O)c1ccccc1C(F)(F)F)C1CO1. The van der Waals surface area contributed by atoms with E-state index in [4.69, 9.17) is 4.74 Å². The Bertz CT molecular complexity index is 472. The molecular weight excluding hydrogens is 263 g/mol. The highest BCUT2D eigenvalue weighted by molar-refractivity contribution is 5.82. The molecule has 0 radical (unpaired) electrons. The zero-order chi connectivity index (χ0) is 14.0. The lowest BCUT2D eigenvalue weighted by molar-refractivity contribution is -0.139. The van der Waals surface area contributed by atoms with Crippen molar-refractivity contribution in [1.29, 1.82) is 0 Å². The van der Waals surface area contributed by atoms with Crippen LogP contribution in [0.5, 0.6) is 0 Å². The van der Waals surface area contributed by atoms with Crippen molar-refractivity contribution in [3.8, 4) is 0 Å². The zero-order valence-corrected chi connectivity index (χ0v) is 9.78. The van der Waals surface area contributed by atoms with Gasteiger partial charge in [0.1, 0.15) is 0 Å². The van der Waals surface area contributed by atoms with Crippen LogP contribution >= 0.6 is 0 Å². The maximum atomic E-state index is 12.7. The van der Waals surface area contributed by atoms with Gasteiger partial charge in [0, 0.05) is 6.54 Å². The fourth-order valence-electron chi connectivity index (χ4n) is 1.67. The molecule has 1 fully saturated rings. The maximum Gasteiger partial charge on any atom is 0.416 e. The molecule has 4 nitrogen and oxygen atoms in total. The van der Waals surface area contributed by atoms with E-state index in [0.29, 0.717) is 6.61 Å². The molecule has 1 aliphatic rings. The Morgan fingerprint density at radius 1 is 1.47 bits per heavy atom. The van der Waals surface area contributed by atoms with E-state index < -0.39 is 29.9 Å². The van der Waals surface area contributed by atoms with Crippen LogP contribution in [0.25, 0.3) is 0 Å². The van der Waals surface area contributed by atoms with Crippen LogP contribution in [0.3, 0.4) is 0 Å². The minimum Gasteiger partial charge on any atom is -0.387 e. The lowest BCUT2D eigenvalue weighted by Crippen LogP contribution is -2.32. The van der Waals surface area contributed by atoms with Crippen LogP contribution in [0.2, 0.25) is 0 Å². The lowest BCUT2D eigenvalue weighted by Gasteiger charge is -2.17. The molecule has 1 aromatic rings. The fourth-order valence-corrected chi connectivity index (χ4v) is 1.67. The Balaban J connectivity index is 2.05. The summed E-state index contributed by atoms with van der Waals surface area (Å²) in [5.41, 5.74) is -1.16. The van der Waals surface area contributed by atoms with Gasteiger partial charge in [-0.1, -0.05) is 18.2 Å². The van der Waals surface area contributed by atoms with Crippen LogP contribution in [0.4, 0.5) is 13.2 Å². The minimum atomic E-state index is -4.54. The Hall–Kier alpha value is -1.60. The number of benzene rings is 1. The second kappa shape index (κ2) is 5.18. The number of hydrogen-bond acceptors (Lipinski definition) is 3. The highest BCUT2D eigenvalue weighted by atomic mass is 19.4. The molecule has 0 aromatic heterocycles. The van der Waals surface area contributed by atoms with E-state index in [0.717, 1.165) is 6.07 Å². The molecule has 2 rings (SSSR count). The molecule has 1 aromatic carbocycles. The number of carbonyl (C=O) groups excluding carboxylic acids is 1. The van der Waals surface area contributed by atoms with Crippen LogP contribution in [0.15, 0.2) is 24.3 Å². The number of halogens is 3. The van der Waals surface area contributed by atoms with Gasteiger partial charge in [0.15, 0.2) is 6.10 Å². The van der Waals surface area contributed by atoms with Gasteiger partial charge in [-0.15, -0.1) is 0 Å². The summed E-state index contributed by atoms with van der Waals surface area (Å²) in [6.07, 6.45) is -6.49. The molecule has 0 aliphatic carbocycles. The molecule has 1 heterocycles. The van der Waals surface area contributed by atoms with Gasteiger partial charge in [-0.2, -0.15) is 13.2 Å². The number of alkyl halides is 3. The van der Waals surface area contributed by atoms with E-state index in [1.807, 2.05) is 0 Å². The van der Waals surface area contributed by atoms with E-state index in [2.05, 4.69) is 5.32 Å². The monoisotopic (exact) mass is 275 g/mol. The van der Waals surface area contributed by atoms with Crippen LogP contribution in [0, 0.1) is 0 Å². The molecular formula is C12H12F3NO3. The summed E-state index contributed by atoms with van der Waals surface area (Å²) >= 11 is 0. The Kier molecular flexibility index (Phi) is 3.77. The molecule has 0 saturated carbocycles. The van der Waals surface area contributed by atoms with Crippen LogP contribution in [-0.2, 0) is 15.7 Å². The zero-order valence-electron chi connectivity index (χ0n) is 9.78. The first-order valence-corrected chi connectivity index (χ1v) is 5.63. The van der Waals surface area contributed by atoms with Gasteiger partial charge >= 0.3 is 6.18 Å². The summed E-state index contributed by atoms with van der Waals surface area (Å²) in [5.74, 6) is -0.427. The summed E-state index contributed by atoms with van der Waals surface area (Å²) in [6, 6.07) is 4.73. The average molecular weight is 275 g/mol. The standard InChI is InChI=1S/C12H12F3NO3/c13-12(14,15)8-4-2-1-3-7(8)9(17)5-16-11(18)10-6-19-10/h1-4,9-10,17H,5-6H2,(H,16,18). The molecule has 1 saturated heterocycles. The van der Waals surface area contributed by atoms with Gasteiger partial charge in [-0.25, -0.2) is 0 Å². The second-order valence-corrected chi connectivity index (χ2v) is 4.17. The summed E-state index contributed by atoms with van der Waals surface area (Å²) in [5, 5.41) is 12.1. The summed E-state index contributed by atoms with van der Waals surface area (Å²) in [7, 11) is 0. The van der Waals surface area contributed by atoms with Crippen LogP contribution < -0.4 is 5.32 Å². The quantitative estimate of drug-likeness (QED) is 0.813. The van der Waals surface area contributed by atoms with Gasteiger partial charge in [-0.3, -0.25) is 4.79 Å². The van der Waals surface area contributed by atoms with Crippen molar-refractivity contribution in [2.24, 2.45) is 0 Å². The van der Waals surface area contributed by atoms with E-state index in [9.17, 15) is 23.1 Å². The van der Waals surface area contributed by atoms with Gasteiger partial charge in [-0.05, 0) is 11.6 Å². The largest absolute Gasteiger partial charge is 0.416 e. The van der Waals surface area contributed by atoms with Gasteiger partial charge < -0.3 is 15.2 Å². The molecule has 1 amide bonds. The highest BCUT2D eigenvalue weighted by Gasteiger charge is 2.35. The number of carbonyl (C=O) groups is 1. The third-order valence-electron chi connectivity index (χ3n) is 2.72. The number of hydrogen-bond donors (Lipinski definition) is 2. The lowest BCUT2D eigenvalue weighted by atomic mass is 10.0. The smallest absolute Gasteiger partial charge is 0.387 e. The first-order chi connectivity index (χ1) is 8.89. The second-order valence-electron chi connectivity index (χ2n) is 4.17. The van der Waals surface area contributed by atoms with Crippen LogP contribution in [0.1, 0.15) is 17.2 Å². The predicted octanol–water partition coefficient (Wildman–Crippen LogP) is 1.25. The number of ether oxygens (including phenoxy) is 1. The van der Waals surface area contributed by atoms with Crippen molar-refractivity contribution in [3.63, 3.8) is 0 Å². The van der Waals surface area contributed by atoms with E-state index in [1.54, 1.807) is 0 Å². The van der Waals surface area contributed by atoms with Crippen molar-refractivity contribution < 1.29 is 27.8 Å². The molecule has 7 heteroatoms. The Morgan fingerprint density at radius 3 is 2.68 bits per heavy atom. The van der Waals surface area contributed by atoms with Crippen molar-refractivity contribution >= 4 is 5.91 Å². The van der Waals surface area contributed by atoms with Crippen molar-refractivity contribution in [2.45, 2.75) is 18.4 Å². The number of aliphatic hydroxyl groups is 1. The normalized spacial score (nSPS) is 19.9. The number of amides is 1. The van der Waals surface area contributed by atoms with Gasteiger partial charge in [0.05, 0.1) is 18.3 Å². The molecule has 1 aliphatic heterocycles. The van der Waals surface area contributed by atoms with Crippen molar-refractivity contribution in [3.05, 3.63) is 35.4 Å². The topological polar surface area (TPSA) is 61.9 Å². The molecule has 0 bridgehead atoms. The molecule has 2 atom stereocenters. The Morgan fingerprint density at radius 2 is 2.11 bits per heavy atom. The van der Waals surface area contributed by atoms with Crippen molar-refractivity contribution in [2.75, 3.05) is 13.2 Å². The molecule has 2 N–H and O–H groups in total. The van der Waals surface area contributed by atoms with Crippen molar-refractivity contribution in [1.82, 2.24) is 5.32 Å². The third-order valence-corrected chi connectivity index (χ3v) is 2.72. The number of rotatable bonds is 4. The van der Waals surface area contributed by atoms with Gasteiger partial charge in [0.25, 0.3) is 5.91 Å². The van der Waals surface area contributed by atoms with Crippen LogP contribution in [-0.4, -0.2) is 30.3 Å². The number of nitrogens with one attached hydrogen (secondary N) is 1. The summed E-state index contributed by atoms with van der Waals surface area (Å²) in [6.45, 7) is 0.0207.